The zero-order valence-corrected chi connectivity index (χ0v) is 11.8. The van der Waals surface area contributed by atoms with E-state index in [0.717, 1.165) is 6.07 Å². The zero-order chi connectivity index (χ0) is 15.5. The lowest BCUT2D eigenvalue weighted by Gasteiger charge is -2.46. The van der Waals surface area contributed by atoms with Gasteiger partial charge in [-0.2, -0.15) is 4.39 Å². The summed E-state index contributed by atoms with van der Waals surface area (Å²) in [5.41, 5.74) is 1.13. The number of halogens is 2. The number of hydrogen-bond donors (Lipinski definition) is 1. The lowest BCUT2D eigenvalue weighted by atomic mass is 9.88. The van der Waals surface area contributed by atoms with E-state index in [-0.39, 0.29) is 18.1 Å². The molecule has 0 bridgehead atoms. The van der Waals surface area contributed by atoms with Gasteiger partial charge in [0.1, 0.15) is 12.4 Å². The lowest BCUT2D eigenvalue weighted by Crippen LogP contribution is -2.50. The van der Waals surface area contributed by atoms with Crippen molar-refractivity contribution in [2.75, 3.05) is 11.5 Å². The second kappa shape index (κ2) is 4.10. The highest BCUT2D eigenvalue weighted by Gasteiger charge is 2.41. The average molecular weight is 291 g/mol. The Bertz CT molecular complexity index is 719. The van der Waals surface area contributed by atoms with Crippen molar-refractivity contribution in [3.8, 4) is 5.75 Å². The van der Waals surface area contributed by atoms with Crippen molar-refractivity contribution >= 4 is 11.3 Å². The van der Waals surface area contributed by atoms with E-state index in [9.17, 15) is 13.9 Å². The third kappa shape index (κ3) is 1.77. The summed E-state index contributed by atoms with van der Waals surface area (Å²) in [6, 6.07) is 1.07. The van der Waals surface area contributed by atoms with Crippen molar-refractivity contribution in [3.05, 3.63) is 54.0 Å². The van der Waals surface area contributed by atoms with Gasteiger partial charge in [-0.25, -0.2) is 4.39 Å². The van der Waals surface area contributed by atoms with Crippen LogP contribution in [0.1, 0.15) is 19.4 Å². The molecule has 5 heteroatoms. The first kappa shape index (κ1) is 13.7. The van der Waals surface area contributed by atoms with E-state index in [1.165, 1.54) is 0 Å². The molecule has 2 aliphatic rings. The fraction of sp³-hybridized carbons (Fsp3) is 0.250. The van der Waals surface area contributed by atoms with Crippen LogP contribution < -0.4 is 9.64 Å². The second-order valence-electron chi connectivity index (χ2n) is 5.84. The van der Waals surface area contributed by atoms with Gasteiger partial charge in [-0.05, 0) is 25.5 Å². The Labute approximate surface area is 121 Å². The maximum absolute atomic E-state index is 14.0. The van der Waals surface area contributed by atoms with Crippen LogP contribution in [0, 0.1) is 11.6 Å². The van der Waals surface area contributed by atoms with Crippen LogP contribution in [-0.2, 0) is 0 Å². The van der Waals surface area contributed by atoms with Crippen LogP contribution in [0.4, 0.5) is 14.5 Å². The van der Waals surface area contributed by atoms with E-state index in [1.807, 2.05) is 13.8 Å². The monoisotopic (exact) mass is 291 g/mol. The molecule has 0 unspecified atom stereocenters. The van der Waals surface area contributed by atoms with Crippen molar-refractivity contribution in [1.82, 2.24) is 0 Å². The molecular formula is C16H15F2NO2. The Morgan fingerprint density at radius 2 is 2.10 bits per heavy atom. The minimum atomic E-state index is -1.01. The molecule has 0 aromatic heterocycles. The summed E-state index contributed by atoms with van der Waals surface area (Å²) in [6.07, 6.45) is 1.65. The Hall–Kier alpha value is -2.30. The molecule has 1 N–H and O–H groups in total. The van der Waals surface area contributed by atoms with Gasteiger partial charge in [-0.1, -0.05) is 13.2 Å². The van der Waals surface area contributed by atoms with Gasteiger partial charge in [0.2, 0.25) is 5.82 Å². The standard InChI is InChI=1S/C16H15F2NO2/c1-8-10-5-12(17)13(18)15-14(10)19(6-11(8)9(2)20)16(3,4)7-21-15/h5-6,20H,1-2,7H2,3-4H3. The highest BCUT2D eigenvalue weighted by molar-refractivity contribution is 5.94. The molecule has 2 heterocycles. The van der Waals surface area contributed by atoms with Gasteiger partial charge < -0.3 is 14.7 Å². The average Bonchev–Trinajstić information content (AvgIpc) is 2.39. The summed E-state index contributed by atoms with van der Waals surface area (Å²) in [4.78, 5) is 1.77. The number of anilines is 1. The van der Waals surface area contributed by atoms with Gasteiger partial charge in [0, 0.05) is 17.3 Å². The molecule has 0 saturated heterocycles. The molecule has 3 rings (SSSR count). The molecule has 0 aliphatic carbocycles. The number of rotatable bonds is 1. The van der Waals surface area contributed by atoms with Crippen LogP contribution in [0.2, 0.25) is 0 Å². The first-order chi connectivity index (χ1) is 9.74. The normalized spacial score (nSPS) is 18.8. The first-order valence-electron chi connectivity index (χ1n) is 6.48. The molecular weight excluding hydrogens is 276 g/mol. The SMILES string of the molecule is C=C(O)C1=CN2c3c(cc(F)c(F)c3OCC2(C)C)C1=C. The van der Waals surface area contributed by atoms with Crippen molar-refractivity contribution in [2.45, 2.75) is 19.4 Å². The van der Waals surface area contributed by atoms with Gasteiger partial charge in [0.25, 0.3) is 0 Å². The maximum atomic E-state index is 14.0. The van der Waals surface area contributed by atoms with Crippen LogP contribution in [0.25, 0.3) is 5.57 Å². The van der Waals surface area contributed by atoms with Gasteiger partial charge in [0.05, 0.1) is 11.2 Å². The molecule has 0 amide bonds. The molecule has 1 aromatic carbocycles. The van der Waals surface area contributed by atoms with Crippen LogP contribution in [0.5, 0.6) is 5.75 Å². The Kier molecular flexibility index (Phi) is 2.67. The van der Waals surface area contributed by atoms with E-state index in [0.29, 0.717) is 22.4 Å². The highest BCUT2D eigenvalue weighted by Crippen LogP contribution is 2.50. The largest absolute Gasteiger partial charge is 0.508 e. The van der Waals surface area contributed by atoms with Crippen LogP contribution in [-0.4, -0.2) is 17.3 Å². The summed E-state index contributed by atoms with van der Waals surface area (Å²) >= 11 is 0. The van der Waals surface area contributed by atoms with Crippen molar-refractivity contribution in [2.24, 2.45) is 0 Å². The number of ether oxygens (including phenoxy) is 1. The lowest BCUT2D eigenvalue weighted by molar-refractivity contribution is 0.209. The van der Waals surface area contributed by atoms with Crippen molar-refractivity contribution < 1.29 is 18.6 Å². The van der Waals surface area contributed by atoms with Gasteiger partial charge in [0.15, 0.2) is 11.6 Å². The van der Waals surface area contributed by atoms with Crippen LogP contribution in [0.3, 0.4) is 0 Å². The Morgan fingerprint density at radius 3 is 2.71 bits per heavy atom. The highest BCUT2D eigenvalue weighted by atomic mass is 19.2. The maximum Gasteiger partial charge on any atom is 0.202 e. The van der Waals surface area contributed by atoms with Gasteiger partial charge in [-0.3, -0.25) is 0 Å². The first-order valence-corrected chi connectivity index (χ1v) is 6.48. The van der Waals surface area contributed by atoms with Crippen molar-refractivity contribution in [3.63, 3.8) is 0 Å². The zero-order valence-electron chi connectivity index (χ0n) is 11.8. The van der Waals surface area contributed by atoms with Gasteiger partial charge in [-0.15, -0.1) is 0 Å². The minimum absolute atomic E-state index is 0.121. The third-order valence-electron chi connectivity index (χ3n) is 3.83. The summed E-state index contributed by atoms with van der Waals surface area (Å²) in [5, 5.41) is 9.72. The molecule has 1 aromatic rings. The molecule has 0 radical (unpaired) electrons. The van der Waals surface area contributed by atoms with Crippen LogP contribution >= 0.6 is 0 Å². The fourth-order valence-electron chi connectivity index (χ4n) is 2.66. The van der Waals surface area contributed by atoms with E-state index < -0.39 is 17.2 Å². The quantitative estimate of drug-likeness (QED) is 0.796. The molecule has 0 atom stereocenters. The van der Waals surface area contributed by atoms with E-state index >= 15 is 0 Å². The summed E-state index contributed by atoms with van der Waals surface area (Å²) in [5.74, 6) is -2.31. The van der Waals surface area contributed by atoms with E-state index in [2.05, 4.69) is 13.2 Å². The molecule has 21 heavy (non-hydrogen) atoms. The van der Waals surface area contributed by atoms with Gasteiger partial charge >= 0.3 is 0 Å². The molecule has 3 nitrogen and oxygen atoms in total. The number of nitrogens with zero attached hydrogens (tertiary/aromatic N) is 1. The molecule has 0 spiro atoms. The van der Waals surface area contributed by atoms with E-state index in [1.54, 1.807) is 11.1 Å². The summed E-state index contributed by atoms with van der Waals surface area (Å²) in [7, 11) is 0. The number of hydrogen-bond acceptors (Lipinski definition) is 3. The third-order valence-corrected chi connectivity index (χ3v) is 3.83. The topological polar surface area (TPSA) is 32.7 Å². The minimum Gasteiger partial charge on any atom is -0.508 e. The number of aliphatic hydroxyl groups is 1. The molecule has 110 valence electrons. The van der Waals surface area contributed by atoms with Crippen LogP contribution in [0.15, 0.2) is 36.8 Å². The van der Waals surface area contributed by atoms with Crippen molar-refractivity contribution in [1.29, 1.82) is 0 Å². The number of aliphatic hydroxyl groups excluding tert-OH is 1. The smallest absolute Gasteiger partial charge is 0.202 e. The second-order valence-corrected chi connectivity index (χ2v) is 5.84. The summed E-state index contributed by atoms with van der Waals surface area (Å²) in [6.45, 7) is 11.4. The Morgan fingerprint density at radius 1 is 1.43 bits per heavy atom. The number of benzene rings is 1. The summed E-state index contributed by atoms with van der Waals surface area (Å²) < 4.78 is 33.2. The predicted octanol–water partition coefficient (Wildman–Crippen LogP) is 3.92. The van der Waals surface area contributed by atoms with E-state index in [4.69, 9.17) is 4.74 Å². The predicted molar refractivity (Wildman–Crippen MR) is 77.3 cm³/mol. The fourth-order valence-corrected chi connectivity index (χ4v) is 2.66. The molecule has 0 saturated carbocycles. The Balaban J connectivity index is 2.35. The number of allylic oxidation sites excluding steroid dienone is 1. The molecule has 2 aliphatic heterocycles. The molecule has 0 fully saturated rings.